The molecule has 0 amide bonds. The molecule has 0 saturated carbocycles. The van der Waals surface area contributed by atoms with Crippen LogP contribution in [0.5, 0.6) is 17.2 Å². The molecule has 0 radical (unpaired) electrons. The first-order chi connectivity index (χ1) is 13.6. The molecule has 1 aliphatic heterocycles. The van der Waals surface area contributed by atoms with Gasteiger partial charge in [-0.25, -0.2) is 0 Å². The Bertz CT molecular complexity index is 972. The van der Waals surface area contributed by atoms with Crippen molar-refractivity contribution in [3.8, 4) is 17.2 Å². The van der Waals surface area contributed by atoms with Gasteiger partial charge in [0.25, 0.3) is 0 Å². The zero-order valence-corrected chi connectivity index (χ0v) is 17.1. The summed E-state index contributed by atoms with van der Waals surface area (Å²) in [6, 6.07) is 19.4. The first-order valence-corrected chi connectivity index (χ1v) is 9.95. The highest BCUT2D eigenvalue weighted by molar-refractivity contribution is 9.10. The van der Waals surface area contributed by atoms with Gasteiger partial charge in [-0.15, -0.1) is 0 Å². The van der Waals surface area contributed by atoms with Crippen LogP contribution in [0.3, 0.4) is 0 Å². The van der Waals surface area contributed by atoms with Crippen molar-refractivity contribution < 1.29 is 19.3 Å². The monoisotopic (exact) mass is 440 g/mol. The van der Waals surface area contributed by atoms with Gasteiger partial charge in [0.2, 0.25) is 0 Å². The molecule has 0 fully saturated rings. The molecule has 0 saturated heterocycles. The van der Waals surface area contributed by atoms with Gasteiger partial charge < -0.3 is 19.3 Å². The summed E-state index contributed by atoms with van der Waals surface area (Å²) in [7, 11) is 0. The second kappa shape index (κ2) is 8.25. The normalized spacial score (nSPS) is 13.8. The average molecular weight is 441 g/mol. The third-order valence-electron chi connectivity index (χ3n) is 4.73. The zero-order valence-electron chi connectivity index (χ0n) is 15.5. The highest BCUT2D eigenvalue weighted by Crippen LogP contribution is 2.37. The molecule has 0 bridgehead atoms. The maximum atomic E-state index is 10.9. The van der Waals surface area contributed by atoms with E-state index in [9.17, 15) is 5.11 Å². The molecule has 0 aromatic heterocycles. The van der Waals surface area contributed by atoms with Crippen LogP contribution in [0.1, 0.15) is 28.4 Å². The Morgan fingerprint density at radius 1 is 1.00 bits per heavy atom. The molecule has 5 heteroatoms. The molecule has 1 N–H and O–H groups in total. The molecule has 0 aliphatic carbocycles. The van der Waals surface area contributed by atoms with Crippen LogP contribution in [0.15, 0.2) is 65.1 Å². The molecular formula is C23H21BrO4. The summed E-state index contributed by atoms with van der Waals surface area (Å²) in [5.41, 5.74) is 3.63. The predicted octanol–water partition coefficient (Wildman–Crippen LogP) is 5.19. The fourth-order valence-corrected chi connectivity index (χ4v) is 3.70. The number of benzene rings is 3. The van der Waals surface area contributed by atoms with E-state index in [-0.39, 0.29) is 0 Å². The first kappa shape index (κ1) is 18.8. The fraction of sp³-hybridized carbons (Fsp3) is 0.217. The predicted molar refractivity (Wildman–Crippen MR) is 111 cm³/mol. The largest absolute Gasteiger partial charge is 0.488 e. The van der Waals surface area contributed by atoms with Gasteiger partial charge >= 0.3 is 0 Å². The van der Waals surface area contributed by atoms with Crippen molar-refractivity contribution in [1.82, 2.24) is 0 Å². The third kappa shape index (κ3) is 4.01. The number of halogens is 1. The highest BCUT2D eigenvalue weighted by Gasteiger charge is 2.19. The molecule has 4 rings (SSSR count). The van der Waals surface area contributed by atoms with Crippen molar-refractivity contribution in [2.45, 2.75) is 19.6 Å². The van der Waals surface area contributed by atoms with Crippen LogP contribution in [0, 0.1) is 6.92 Å². The van der Waals surface area contributed by atoms with Gasteiger partial charge in [-0.2, -0.15) is 0 Å². The molecule has 28 heavy (non-hydrogen) atoms. The second-order valence-electron chi connectivity index (χ2n) is 6.72. The van der Waals surface area contributed by atoms with Gasteiger partial charge in [0.15, 0.2) is 11.5 Å². The number of fused-ring (bicyclic) bond motifs is 1. The highest BCUT2D eigenvalue weighted by atomic mass is 79.9. The average Bonchev–Trinajstić information content (AvgIpc) is 2.74. The number of ether oxygens (including phenoxy) is 3. The van der Waals surface area contributed by atoms with Crippen LogP contribution in [0.2, 0.25) is 0 Å². The van der Waals surface area contributed by atoms with Crippen LogP contribution in [0.4, 0.5) is 0 Å². The summed E-state index contributed by atoms with van der Waals surface area (Å²) in [4.78, 5) is 0. The van der Waals surface area contributed by atoms with E-state index >= 15 is 0 Å². The van der Waals surface area contributed by atoms with Crippen molar-refractivity contribution in [3.05, 3.63) is 87.4 Å². The summed E-state index contributed by atoms with van der Waals surface area (Å²) in [5, 5.41) is 10.9. The molecular weight excluding hydrogens is 420 g/mol. The second-order valence-corrected chi connectivity index (χ2v) is 7.57. The molecule has 1 aliphatic rings. The van der Waals surface area contributed by atoms with Gasteiger partial charge in [0, 0.05) is 0 Å². The Labute approximate surface area is 172 Å². The lowest BCUT2D eigenvalue weighted by Gasteiger charge is -2.21. The summed E-state index contributed by atoms with van der Waals surface area (Å²) >= 11 is 3.57. The van der Waals surface area contributed by atoms with Crippen LogP contribution in [-0.4, -0.2) is 18.3 Å². The van der Waals surface area contributed by atoms with E-state index in [0.29, 0.717) is 31.3 Å². The Hall–Kier alpha value is -2.50. The van der Waals surface area contributed by atoms with Gasteiger partial charge in [0.05, 0.1) is 4.47 Å². The quantitative estimate of drug-likeness (QED) is 0.592. The maximum absolute atomic E-state index is 10.9. The summed E-state index contributed by atoms with van der Waals surface area (Å²) in [6.07, 6.45) is -0.768. The summed E-state index contributed by atoms with van der Waals surface area (Å²) in [6.45, 7) is 3.53. The van der Waals surface area contributed by atoms with E-state index in [1.54, 1.807) is 0 Å². The van der Waals surface area contributed by atoms with Crippen LogP contribution < -0.4 is 14.2 Å². The van der Waals surface area contributed by atoms with Gasteiger partial charge in [-0.05, 0) is 69.4 Å². The summed E-state index contributed by atoms with van der Waals surface area (Å²) in [5.74, 6) is 2.13. The van der Waals surface area contributed by atoms with Crippen molar-refractivity contribution >= 4 is 15.9 Å². The Kier molecular flexibility index (Phi) is 5.55. The van der Waals surface area contributed by atoms with E-state index in [1.165, 1.54) is 0 Å². The maximum Gasteiger partial charge on any atom is 0.161 e. The number of rotatable bonds is 5. The minimum absolute atomic E-state index is 0.489. The molecule has 3 aromatic rings. The Balaban J connectivity index is 1.55. The van der Waals surface area contributed by atoms with Crippen molar-refractivity contribution in [2.24, 2.45) is 0 Å². The lowest BCUT2D eigenvalue weighted by molar-refractivity contribution is 0.169. The van der Waals surface area contributed by atoms with Crippen molar-refractivity contribution in [2.75, 3.05) is 13.2 Å². The van der Waals surface area contributed by atoms with Gasteiger partial charge in [-0.1, -0.05) is 36.4 Å². The molecule has 3 aromatic carbocycles. The lowest BCUT2D eigenvalue weighted by atomic mass is 9.97. The molecule has 1 unspecified atom stereocenters. The smallest absolute Gasteiger partial charge is 0.161 e. The number of aliphatic hydroxyl groups is 1. The third-order valence-corrected chi connectivity index (χ3v) is 5.35. The topological polar surface area (TPSA) is 47.9 Å². The van der Waals surface area contributed by atoms with Gasteiger partial charge in [0.1, 0.15) is 31.7 Å². The summed E-state index contributed by atoms with van der Waals surface area (Å²) < 4.78 is 17.9. The SMILES string of the molecule is Cc1cc(OCc2ccccc2)c(Br)cc1C(O)c1ccc2c(c1)OCCO2. The first-order valence-electron chi connectivity index (χ1n) is 9.16. The van der Waals surface area contributed by atoms with Crippen LogP contribution in [0.25, 0.3) is 0 Å². The molecule has 1 heterocycles. The van der Waals surface area contributed by atoms with Crippen LogP contribution >= 0.6 is 15.9 Å². The van der Waals surface area contributed by atoms with E-state index in [2.05, 4.69) is 15.9 Å². The molecule has 1 atom stereocenters. The zero-order chi connectivity index (χ0) is 19.5. The van der Waals surface area contributed by atoms with Crippen molar-refractivity contribution in [3.63, 3.8) is 0 Å². The van der Waals surface area contributed by atoms with Gasteiger partial charge in [-0.3, -0.25) is 0 Å². The van der Waals surface area contributed by atoms with E-state index < -0.39 is 6.10 Å². The minimum Gasteiger partial charge on any atom is -0.488 e. The number of aryl methyl sites for hydroxylation is 1. The lowest BCUT2D eigenvalue weighted by Crippen LogP contribution is -2.15. The standard InChI is InChI=1S/C23H21BrO4/c1-15-11-21(28-14-16-5-3-2-4-6-16)19(24)13-18(15)23(25)17-7-8-20-22(12-17)27-10-9-26-20/h2-8,11-13,23,25H,9-10,14H2,1H3. The number of hydrogen-bond acceptors (Lipinski definition) is 4. The molecule has 0 spiro atoms. The fourth-order valence-electron chi connectivity index (χ4n) is 3.22. The minimum atomic E-state index is -0.768. The van der Waals surface area contributed by atoms with E-state index in [0.717, 1.165) is 32.5 Å². The number of hydrogen-bond donors (Lipinski definition) is 1. The van der Waals surface area contributed by atoms with E-state index in [1.807, 2.05) is 67.6 Å². The molecule has 144 valence electrons. The Morgan fingerprint density at radius 2 is 1.75 bits per heavy atom. The molecule has 4 nitrogen and oxygen atoms in total. The van der Waals surface area contributed by atoms with Crippen molar-refractivity contribution in [1.29, 1.82) is 0 Å². The Morgan fingerprint density at radius 3 is 2.54 bits per heavy atom. The number of aliphatic hydroxyl groups excluding tert-OH is 1. The van der Waals surface area contributed by atoms with E-state index in [4.69, 9.17) is 14.2 Å². The van der Waals surface area contributed by atoms with Crippen LogP contribution in [-0.2, 0) is 6.61 Å².